The number of carbonyl (C=O) groups excluding carboxylic acids is 2. The molecular formula is C32H30F4N2O4. The van der Waals surface area contributed by atoms with Gasteiger partial charge in [-0.15, -0.1) is 0 Å². The molecule has 0 saturated heterocycles. The Bertz CT molecular complexity index is 1610. The van der Waals surface area contributed by atoms with Gasteiger partial charge in [0.05, 0.1) is 16.6 Å². The summed E-state index contributed by atoms with van der Waals surface area (Å²) in [5.41, 5.74) is 1.90. The number of hydrogen-bond donors (Lipinski definition) is 1. The van der Waals surface area contributed by atoms with Crippen molar-refractivity contribution in [2.24, 2.45) is 11.8 Å². The molecule has 2 heterocycles. The van der Waals surface area contributed by atoms with Crippen molar-refractivity contribution in [3.8, 4) is 22.5 Å². The van der Waals surface area contributed by atoms with Crippen molar-refractivity contribution in [3.05, 3.63) is 77.2 Å². The molecule has 0 spiro atoms. The van der Waals surface area contributed by atoms with E-state index in [9.17, 15) is 27.2 Å². The maximum absolute atomic E-state index is 13.6. The molecule has 0 aliphatic heterocycles. The lowest BCUT2D eigenvalue weighted by Gasteiger charge is -2.15. The summed E-state index contributed by atoms with van der Waals surface area (Å²) in [5.74, 6) is -0.383. The first-order valence-electron chi connectivity index (χ1n) is 13.7. The highest BCUT2D eigenvalue weighted by Gasteiger charge is 2.33. The number of rotatable bonds is 11. The molecule has 1 unspecified atom stereocenters. The summed E-state index contributed by atoms with van der Waals surface area (Å²) >= 11 is 0. The van der Waals surface area contributed by atoms with Crippen LogP contribution >= 0.6 is 0 Å². The van der Waals surface area contributed by atoms with E-state index in [4.69, 9.17) is 9.15 Å². The Morgan fingerprint density at radius 2 is 1.83 bits per heavy atom. The van der Waals surface area contributed by atoms with Crippen molar-refractivity contribution in [2.45, 2.75) is 38.3 Å². The highest BCUT2D eigenvalue weighted by Crippen LogP contribution is 2.40. The minimum absolute atomic E-state index is 0.0204. The first-order valence-corrected chi connectivity index (χ1v) is 13.7. The number of halogens is 4. The number of carbonyl (C=O) groups is 2. The summed E-state index contributed by atoms with van der Waals surface area (Å²) in [6.07, 6.45) is -3.55. The number of nitrogens with zero attached hydrogens (tertiary/aromatic N) is 1. The number of nitrogens with one attached hydrogen (secondary N) is 1. The SMILES string of the molecule is CNC(=O)c1c(-c2ccc(F)cc2)oc2nc(CCC(F)(F)F)c(-c3cccc(C(=O)CC(COC)C4CC4)c3)cc12. The number of amides is 1. The number of methoxy groups -OCH3 is 1. The fourth-order valence-electron chi connectivity index (χ4n) is 5.27. The van der Waals surface area contributed by atoms with Crippen LogP contribution in [0.5, 0.6) is 0 Å². The monoisotopic (exact) mass is 582 g/mol. The fourth-order valence-corrected chi connectivity index (χ4v) is 5.27. The molecular weight excluding hydrogens is 552 g/mol. The van der Waals surface area contributed by atoms with Crippen molar-refractivity contribution in [3.63, 3.8) is 0 Å². The average Bonchev–Trinajstić information content (AvgIpc) is 3.75. The number of fused-ring (bicyclic) bond motifs is 1. The van der Waals surface area contributed by atoms with Crippen molar-refractivity contribution in [1.82, 2.24) is 10.3 Å². The number of benzene rings is 2. The predicted molar refractivity (Wildman–Crippen MR) is 150 cm³/mol. The van der Waals surface area contributed by atoms with Gasteiger partial charge in [-0.2, -0.15) is 13.2 Å². The van der Waals surface area contributed by atoms with Gasteiger partial charge in [0, 0.05) is 50.3 Å². The second kappa shape index (κ2) is 12.1. The lowest BCUT2D eigenvalue weighted by atomic mass is 9.92. The van der Waals surface area contributed by atoms with E-state index in [0.29, 0.717) is 41.2 Å². The largest absolute Gasteiger partial charge is 0.437 e. The highest BCUT2D eigenvalue weighted by atomic mass is 19.4. The number of aromatic nitrogens is 1. The molecule has 2 aromatic carbocycles. The standard InChI is InChI=1S/C32H30F4N2O4/c1-37-30(40)28-25-16-24(20-4-3-5-21(14-20)27(39)15-22(17-41-2)18-6-7-18)26(12-13-32(34,35)36)38-31(25)42-29(28)19-8-10-23(33)11-9-19/h3-5,8-11,14,16,18,22H,6-7,12-13,15,17H2,1-2H3,(H,37,40). The molecule has 220 valence electrons. The summed E-state index contributed by atoms with van der Waals surface area (Å²) in [5, 5.41) is 2.84. The molecule has 4 aromatic rings. The minimum atomic E-state index is -4.43. The van der Waals surface area contributed by atoms with E-state index in [1.165, 1.54) is 31.3 Å². The van der Waals surface area contributed by atoms with Gasteiger partial charge in [0.1, 0.15) is 11.6 Å². The molecule has 5 rings (SSSR count). The van der Waals surface area contributed by atoms with E-state index >= 15 is 0 Å². The van der Waals surface area contributed by atoms with Crippen molar-refractivity contribution in [2.75, 3.05) is 20.8 Å². The molecule has 0 radical (unpaired) electrons. The van der Waals surface area contributed by atoms with Crippen molar-refractivity contribution < 1.29 is 36.3 Å². The molecule has 1 aliphatic carbocycles. The Labute approximate surface area is 240 Å². The van der Waals surface area contributed by atoms with E-state index in [0.717, 1.165) is 12.8 Å². The Balaban J connectivity index is 1.62. The maximum Gasteiger partial charge on any atom is 0.389 e. The van der Waals surface area contributed by atoms with Crippen molar-refractivity contribution in [1.29, 1.82) is 0 Å². The molecule has 1 fully saturated rings. The summed E-state index contributed by atoms with van der Waals surface area (Å²) in [4.78, 5) is 30.7. The van der Waals surface area contributed by atoms with Gasteiger partial charge in [0.25, 0.3) is 5.91 Å². The molecule has 1 saturated carbocycles. The number of ether oxygens (including phenoxy) is 1. The van der Waals surface area contributed by atoms with Crippen LogP contribution in [0.4, 0.5) is 17.6 Å². The normalized spacial score (nSPS) is 14.2. The third-order valence-corrected chi connectivity index (χ3v) is 7.58. The fraction of sp³-hybridized carbons (Fsp3) is 0.344. The van der Waals surface area contributed by atoms with E-state index in [1.54, 1.807) is 37.4 Å². The molecule has 1 N–H and O–H groups in total. The molecule has 42 heavy (non-hydrogen) atoms. The van der Waals surface area contributed by atoms with Gasteiger partial charge in [-0.05, 0) is 73.1 Å². The summed E-state index contributed by atoms with van der Waals surface area (Å²) < 4.78 is 64.7. The van der Waals surface area contributed by atoms with Gasteiger partial charge in [-0.3, -0.25) is 9.59 Å². The van der Waals surface area contributed by atoms with E-state index < -0.39 is 30.7 Å². The van der Waals surface area contributed by atoms with Crippen LogP contribution in [0.2, 0.25) is 0 Å². The van der Waals surface area contributed by atoms with Crippen molar-refractivity contribution >= 4 is 22.8 Å². The third-order valence-electron chi connectivity index (χ3n) is 7.58. The Morgan fingerprint density at radius 1 is 1.10 bits per heavy atom. The number of hydrogen-bond acceptors (Lipinski definition) is 5. The van der Waals surface area contributed by atoms with Gasteiger partial charge in [-0.1, -0.05) is 18.2 Å². The number of aryl methyl sites for hydroxylation is 1. The van der Waals surface area contributed by atoms with E-state index in [-0.39, 0.29) is 39.8 Å². The molecule has 6 nitrogen and oxygen atoms in total. The topological polar surface area (TPSA) is 81.4 Å². The molecule has 1 aliphatic rings. The van der Waals surface area contributed by atoms with Crippen LogP contribution in [0.15, 0.2) is 59.0 Å². The molecule has 1 atom stereocenters. The first-order chi connectivity index (χ1) is 20.1. The third kappa shape index (κ3) is 6.54. The zero-order valence-corrected chi connectivity index (χ0v) is 23.2. The lowest BCUT2D eigenvalue weighted by molar-refractivity contribution is -0.134. The maximum atomic E-state index is 13.6. The van der Waals surface area contributed by atoms with Gasteiger partial charge in [-0.25, -0.2) is 9.37 Å². The Morgan fingerprint density at radius 3 is 2.48 bits per heavy atom. The smallest absolute Gasteiger partial charge is 0.389 e. The summed E-state index contributed by atoms with van der Waals surface area (Å²) in [6, 6.07) is 13.6. The van der Waals surface area contributed by atoms with Crippen LogP contribution < -0.4 is 5.32 Å². The zero-order valence-electron chi connectivity index (χ0n) is 23.2. The number of ketones is 1. The van der Waals surface area contributed by atoms with Crippen LogP contribution in [0.1, 0.15) is 52.1 Å². The Hall–Kier alpha value is -4.05. The number of furan rings is 1. The second-order valence-corrected chi connectivity index (χ2v) is 10.6. The van der Waals surface area contributed by atoms with Gasteiger partial charge in [0.2, 0.25) is 5.71 Å². The average molecular weight is 583 g/mol. The van der Waals surface area contributed by atoms with Crippen LogP contribution in [0.3, 0.4) is 0 Å². The quantitative estimate of drug-likeness (QED) is 0.147. The van der Waals surface area contributed by atoms with Gasteiger partial charge in [0.15, 0.2) is 5.78 Å². The highest BCUT2D eigenvalue weighted by molar-refractivity contribution is 6.11. The minimum Gasteiger partial charge on any atom is -0.437 e. The summed E-state index contributed by atoms with van der Waals surface area (Å²) in [7, 11) is 3.05. The molecule has 1 amide bonds. The van der Waals surface area contributed by atoms with Gasteiger partial charge >= 0.3 is 6.18 Å². The predicted octanol–water partition coefficient (Wildman–Crippen LogP) is 7.40. The van der Waals surface area contributed by atoms with Crippen LogP contribution in [0.25, 0.3) is 33.6 Å². The number of Topliss-reactive ketones (excluding diaryl/α,β-unsaturated/α-hetero) is 1. The van der Waals surface area contributed by atoms with Gasteiger partial charge < -0.3 is 14.5 Å². The first kappa shape index (κ1) is 29.4. The van der Waals surface area contributed by atoms with E-state index in [2.05, 4.69) is 10.3 Å². The summed E-state index contributed by atoms with van der Waals surface area (Å²) in [6.45, 7) is 0.484. The van der Waals surface area contributed by atoms with Crippen LogP contribution in [-0.4, -0.2) is 43.6 Å². The molecule has 2 aromatic heterocycles. The lowest BCUT2D eigenvalue weighted by Crippen LogP contribution is -2.18. The van der Waals surface area contributed by atoms with Crippen LogP contribution in [-0.2, 0) is 11.2 Å². The zero-order chi connectivity index (χ0) is 30.0. The number of pyridine rings is 1. The number of alkyl halides is 3. The van der Waals surface area contributed by atoms with E-state index in [1.807, 2.05) is 0 Å². The second-order valence-electron chi connectivity index (χ2n) is 10.6. The molecule has 10 heteroatoms. The Kier molecular flexibility index (Phi) is 8.45. The van der Waals surface area contributed by atoms with Crippen LogP contribution in [0, 0.1) is 17.7 Å². The molecule has 0 bridgehead atoms.